The van der Waals surface area contributed by atoms with Crippen LogP contribution in [-0.4, -0.2) is 36.1 Å². The highest BCUT2D eigenvalue weighted by atomic mass is 15.2. The molecule has 18 heavy (non-hydrogen) atoms. The number of aromatic nitrogens is 1. The molecule has 1 N–H and O–H groups in total. The number of likely N-dealkylation sites (tertiary alicyclic amines) is 1. The standard InChI is InChI=1S/C11H17N3.2C2H6/c1-14-7-5-11(9-14)13-8-10-4-2-3-6-12-10;2*1-2/h2-4,6,11,13H,5,7-9H2,1H3;2*1-2H3. The molecule has 104 valence electrons. The Bertz CT molecular complexity index is 274. The third kappa shape index (κ3) is 6.72. The van der Waals surface area contributed by atoms with Crippen molar-refractivity contribution in [1.29, 1.82) is 0 Å². The molecule has 0 aromatic carbocycles. The van der Waals surface area contributed by atoms with Crippen LogP contribution in [-0.2, 0) is 6.54 Å². The van der Waals surface area contributed by atoms with E-state index in [1.54, 1.807) is 0 Å². The first-order valence-electron chi connectivity index (χ1n) is 7.16. The zero-order valence-corrected chi connectivity index (χ0v) is 12.6. The fourth-order valence-electron chi connectivity index (χ4n) is 1.85. The first-order chi connectivity index (χ1) is 8.84. The van der Waals surface area contributed by atoms with Gasteiger partial charge in [0.05, 0.1) is 5.69 Å². The van der Waals surface area contributed by atoms with Gasteiger partial charge in [-0.05, 0) is 32.1 Å². The first-order valence-corrected chi connectivity index (χ1v) is 7.16. The van der Waals surface area contributed by atoms with Gasteiger partial charge in [0.2, 0.25) is 0 Å². The number of likely N-dealkylation sites (N-methyl/N-ethyl adjacent to an activating group) is 1. The molecule has 1 aromatic heterocycles. The molecule has 0 amide bonds. The third-order valence-corrected chi connectivity index (χ3v) is 2.69. The van der Waals surface area contributed by atoms with Gasteiger partial charge in [0.25, 0.3) is 0 Å². The van der Waals surface area contributed by atoms with Crippen LogP contribution >= 0.6 is 0 Å². The van der Waals surface area contributed by atoms with Crippen molar-refractivity contribution in [1.82, 2.24) is 15.2 Å². The normalized spacial score (nSPS) is 18.4. The molecule has 0 radical (unpaired) electrons. The summed E-state index contributed by atoms with van der Waals surface area (Å²) < 4.78 is 0. The summed E-state index contributed by atoms with van der Waals surface area (Å²) in [7, 11) is 2.17. The van der Waals surface area contributed by atoms with Crippen molar-refractivity contribution in [2.45, 2.75) is 46.7 Å². The maximum absolute atomic E-state index is 4.28. The third-order valence-electron chi connectivity index (χ3n) is 2.69. The van der Waals surface area contributed by atoms with Gasteiger partial charge in [-0.2, -0.15) is 0 Å². The molecule has 3 nitrogen and oxygen atoms in total. The number of nitrogens with zero attached hydrogens (tertiary/aromatic N) is 2. The highest BCUT2D eigenvalue weighted by Crippen LogP contribution is 2.06. The lowest BCUT2D eigenvalue weighted by Gasteiger charge is -2.11. The van der Waals surface area contributed by atoms with Gasteiger partial charge in [0.1, 0.15) is 0 Å². The molecule has 1 aromatic rings. The maximum atomic E-state index is 4.28. The quantitative estimate of drug-likeness (QED) is 0.895. The number of nitrogens with one attached hydrogen (secondary N) is 1. The lowest BCUT2D eigenvalue weighted by atomic mass is 10.2. The van der Waals surface area contributed by atoms with Gasteiger partial charge in [0, 0.05) is 25.3 Å². The Hall–Kier alpha value is -0.930. The highest BCUT2D eigenvalue weighted by molar-refractivity contribution is 5.03. The zero-order chi connectivity index (χ0) is 13.8. The predicted molar refractivity (Wildman–Crippen MR) is 79.7 cm³/mol. The van der Waals surface area contributed by atoms with Gasteiger partial charge in [-0.25, -0.2) is 0 Å². The van der Waals surface area contributed by atoms with Crippen molar-refractivity contribution in [3.8, 4) is 0 Å². The van der Waals surface area contributed by atoms with Crippen LogP contribution in [0.2, 0.25) is 0 Å². The summed E-state index contributed by atoms with van der Waals surface area (Å²) in [5, 5.41) is 3.52. The molecule has 1 saturated heterocycles. The molecule has 3 heteroatoms. The van der Waals surface area contributed by atoms with Crippen molar-refractivity contribution in [3.63, 3.8) is 0 Å². The summed E-state index contributed by atoms with van der Waals surface area (Å²) >= 11 is 0. The summed E-state index contributed by atoms with van der Waals surface area (Å²) in [5.74, 6) is 0. The van der Waals surface area contributed by atoms with E-state index in [2.05, 4.69) is 28.3 Å². The minimum Gasteiger partial charge on any atom is -0.307 e. The number of hydrogen-bond donors (Lipinski definition) is 1. The Balaban J connectivity index is 0.000000659. The Kier molecular flexibility index (Phi) is 10.6. The van der Waals surface area contributed by atoms with E-state index in [1.807, 2.05) is 46.0 Å². The fourth-order valence-corrected chi connectivity index (χ4v) is 1.85. The SMILES string of the molecule is CC.CC.CN1CCC(NCc2ccccn2)C1. The van der Waals surface area contributed by atoms with Crippen LogP contribution in [0.15, 0.2) is 24.4 Å². The zero-order valence-electron chi connectivity index (χ0n) is 12.6. The molecule has 2 heterocycles. The fraction of sp³-hybridized carbons (Fsp3) is 0.667. The molecule has 0 saturated carbocycles. The monoisotopic (exact) mass is 251 g/mol. The van der Waals surface area contributed by atoms with Gasteiger partial charge in [-0.15, -0.1) is 0 Å². The van der Waals surface area contributed by atoms with Crippen LogP contribution in [0.5, 0.6) is 0 Å². The van der Waals surface area contributed by atoms with Crippen molar-refractivity contribution >= 4 is 0 Å². The van der Waals surface area contributed by atoms with Crippen molar-refractivity contribution in [2.24, 2.45) is 0 Å². The van der Waals surface area contributed by atoms with Crippen LogP contribution in [0, 0.1) is 0 Å². The largest absolute Gasteiger partial charge is 0.307 e. The molecule has 1 unspecified atom stereocenters. The Morgan fingerprint density at radius 1 is 1.28 bits per heavy atom. The summed E-state index contributed by atoms with van der Waals surface area (Å²) in [6.07, 6.45) is 3.10. The lowest BCUT2D eigenvalue weighted by Crippen LogP contribution is -2.31. The second kappa shape index (κ2) is 11.2. The number of pyridine rings is 1. The molecule has 0 spiro atoms. The molecular weight excluding hydrogens is 222 g/mol. The Labute approximate surface area is 113 Å². The molecule has 0 aliphatic carbocycles. The molecule has 0 bridgehead atoms. The van der Waals surface area contributed by atoms with Gasteiger partial charge < -0.3 is 10.2 Å². The predicted octanol–water partition coefficient (Wildman–Crippen LogP) is 2.93. The van der Waals surface area contributed by atoms with Crippen molar-refractivity contribution in [2.75, 3.05) is 20.1 Å². The van der Waals surface area contributed by atoms with Gasteiger partial charge in [-0.3, -0.25) is 4.98 Å². The summed E-state index contributed by atoms with van der Waals surface area (Å²) in [4.78, 5) is 6.64. The Morgan fingerprint density at radius 2 is 2.00 bits per heavy atom. The summed E-state index contributed by atoms with van der Waals surface area (Å²) in [6, 6.07) is 6.69. The minimum absolute atomic E-state index is 0.641. The smallest absolute Gasteiger partial charge is 0.0541 e. The van der Waals surface area contributed by atoms with E-state index in [1.165, 1.54) is 13.0 Å². The average Bonchev–Trinajstić information content (AvgIpc) is 2.88. The maximum Gasteiger partial charge on any atom is 0.0541 e. The van der Waals surface area contributed by atoms with Crippen LogP contribution in [0.4, 0.5) is 0 Å². The molecule has 1 fully saturated rings. The summed E-state index contributed by atoms with van der Waals surface area (Å²) in [5.41, 5.74) is 1.13. The highest BCUT2D eigenvalue weighted by Gasteiger charge is 2.18. The van der Waals surface area contributed by atoms with E-state index in [9.17, 15) is 0 Å². The van der Waals surface area contributed by atoms with Crippen LogP contribution in [0.3, 0.4) is 0 Å². The number of rotatable bonds is 3. The van der Waals surface area contributed by atoms with E-state index >= 15 is 0 Å². The van der Waals surface area contributed by atoms with E-state index in [-0.39, 0.29) is 0 Å². The number of hydrogen-bond acceptors (Lipinski definition) is 3. The van der Waals surface area contributed by atoms with Crippen LogP contribution in [0.1, 0.15) is 39.8 Å². The lowest BCUT2D eigenvalue weighted by molar-refractivity contribution is 0.397. The van der Waals surface area contributed by atoms with Crippen LogP contribution in [0.25, 0.3) is 0 Å². The molecule has 1 aliphatic rings. The second-order valence-electron chi connectivity index (χ2n) is 3.95. The molecule has 1 atom stereocenters. The topological polar surface area (TPSA) is 28.2 Å². The first kappa shape index (κ1) is 17.1. The molecule has 2 rings (SSSR count). The van der Waals surface area contributed by atoms with E-state index in [0.29, 0.717) is 6.04 Å². The second-order valence-corrected chi connectivity index (χ2v) is 3.95. The van der Waals surface area contributed by atoms with E-state index < -0.39 is 0 Å². The van der Waals surface area contributed by atoms with E-state index in [0.717, 1.165) is 18.8 Å². The molecular formula is C15H29N3. The summed E-state index contributed by atoms with van der Waals surface area (Å²) in [6.45, 7) is 11.3. The minimum atomic E-state index is 0.641. The van der Waals surface area contributed by atoms with Gasteiger partial charge in [0.15, 0.2) is 0 Å². The molecule has 1 aliphatic heterocycles. The Morgan fingerprint density at radius 3 is 2.50 bits per heavy atom. The van der Waals surface area contributed by atoms with Crippen molar-refractivity contribution < 1.29 is 0 Å². The van der Waals surface area contributed by atoms with Crippen molar-refractivity contribution in [3.05, 3.63) is 30.1 Å². The average molecular weight is 251 g/mol. The van der Waals surface area contributed by atoms with Gasteiger partial charge in [-0.1, -0.05) is 33.8 Å². The van der Waals surface area contributed by atoms with Gasteiger partial charge >= 0.3 is 0 Å². The van der Waals surface area contributed by atoms with Crippen LogP contribution < -0.4 is 5.32 Å². The van der Waals surface area contributed by atoms with E-state index in [4.69, 9.17) is 0 Å².